The van der Waals surface area contributed by atoms with Crippen LogP contribution in [0.5, 0.6) is 5.75 Å². The largest absolute Gasteiger partial charge is 0.489 e. The van der Waals surface area contributed by atoms with Gasteiger partial charge in [-0.05, 0) is 37.3 Å². The maximum Gasteiger partial charge on any atom is 0.229 e. The number of nitrogens with zero attached hydrogens (tertiary/aromatic N) is 2. The van der Waals surface area contributed by atoms with E-state index in [2.05, 4.69) is 10.3 Å². The van der Waals surface area contributed by atoms with Crippen LogP contribution < -0.4 is 15.0 Å². The van der Waals surface area contributed by atoms with Gasteiger partial charge in [0.15, 0.2) is 0 Å². The first-order valence-corrected chi connectivity index (χ1v) is 9.88. The molecule has 2 aromatic carbocycles. The van der Waals surface area contributed by atoms with Crippen molar-refractivity contribution in [2.75, 3.05) is 16.8 Å². The topological polar surface area (TPSA) is 71.5 Å². The molecule has 30 heavy (non-hydrogen) atoms. The first-order chi connectivity index (χ1) is 14.6. The first-order valence-electron chi connectivity index (χ1n) is 9.88. The van der Waals surface area contributed by atoms with Crippen molar-refractivity contribution < 1.29 is 14.3 Å². The van der Waals surface area contributed by atoms with Crippen molar-refractivity contribution in [3.8, 4) is 5.75 Å². The number of hydrogen-bond donors (Lipinski definition) is 1. The average molecular weight is 401 g/mol. The fraction of sp³-hybridized carbons (Fsp3) is 0.208. The first kappa shape index (κ1) is 19.6. The van der Waals surface area contributed by atoms with E-state index in [1.54, 1.807) is 23.4 Å². The van der Waals surface area contributed by atoms with E-state index in [0.717, 1.165) is 16.8 Å². The van der Waals surface area contributed by atoms with Crippen molar-refractivity contribution in [2.24, 2.45) is 5.92 Å². The number of aryl methyl sites for hydroxylation is 1. The summed E-state index contributed by atoms with van der Waals surface area (Å²) in [7, 11) is 0. The van der Waals surface area contributed by atoms with Crippen LogP contribution in [0.25, 0.3) is 0 Å². The van der Waals surface area contributed by atoms with Gasteiger partial charge >= 0.3 is 0 Å². The molecule has 0 aliphatic carbocycles. The number of rotatable bonds is 6. The maximum atomic E-state index is 12.7. The summed E-state index contributed by atoms with van der Waals surface area (Å²) in [6.07, 6.45) is 3.67. The second-order valence-electron chi connectivity index (χ2n) is 7.41. The van der Waals surface area contributed by atoms with Gasteiger partial charge in [-0.1, -0.05) is 29.8 Å². The summed E-state index contributed by atoms with van der Waals surface area (Å²) in [4.78, 5) is 30.9. The molecule has 1 fully saturated rings. The summed E-state index contributed by atoms with van der Waals surface area (Å²) >= 11 is 0. The van der Waals surface area contributed by atoms with E-state index in [0.29, 0.717) is 24.6 Å². The van der Waals surface area contributed by atoms with E-state index in [1.165, 1.54) is 0 Å². The highest BCUT2D eigenvalue weighted by Crippen LogP contribution is 2.27. The van der Waals surface area contributed by atoms with Crippen LogP contribution >= 0.6 is 0 Å². The van der Waals surface area contributed by atoms with Crippen LogP contribution in [0.2, 0.25) is 0 Å². The number of hydrogen-bond acceptors (Lipinski definition) is 4. The number of carbonyl (C=O) groups is 2. The number of nitrogens with one attached hydrogen (secondary N) is 1. The van der Waals surface area contributed by atoms with Crippen molar-refractivity contribution in [1.82, 2.24) is 4.98 Å². The minimum Gasteiger partial charge on any atom is -0.489 e. The zero-order valence-electron chi connectivity index (χ0n) is 16.7. The Kier molecular flexibility index (Phi) is 5.75. The third-order valence-electron chi connectivity index (χ3n) is 5.07. The lowest BCUT2D eigenvalue weighted by molar-refractivity contribution is -0.122. The molecular formula is C24H23N3O3. The van der Waals surface area contributed by atoms with Crippen molar-refractivity contribution in [3.63, 3.8) is 0 Å². The van der Waals surface area contributed by atoms with E-state index < -0.39 is 5.92 Å². The van der Waals surface area contributed by atoms with Crippen LogP contribution in [0.4, 0.5) is 11.4 Å². The molecule has 1 unspecified atom stereocenters. The summed E-state index contributed by atoms with van der Waals surface area (Å²) in [6.45, 7) is 2.78. The monoisotopic (exact) mass is 401 g/mol. The molecule has 1 aromatic heterocycles. The Hall–Kier alpha value is -3.67. The maximum absolute atomic E-state index is 12.7. The zero-order chi connectivity index (χ0) is 20.9. The minimum absolute atomic E-state index is 0.0347. The lowest BCUT2D eigenvalue weighted by Crippen LogP contribution is -2.28. The van der Waals surface area contributed by atoms with Crippen LogP contribution in [0.15, 0.2) is 73.1 Å². The minimum atomic E-state index is -0.390. The molecule has 6 heteroatoms. The lowest BCUT2D eigenvalue weighted by atomic mass is 10.1. The van der Waals surface area contributed by atoms with Gasteiger partial charge in [0.1, 0.15) is 12.4 Å². The van der Waals surface area contributed by atoms with Crippen molar-refractivity contribution in [1.29, 1.82) is 0 Å². The SMILES string of the molecule is Cc1ccc(N2CC(C(=O)Nc3cccc(OCc4cccnc4)c3)CC2=O)cc1. The predicted molar refractivity (Wildman–Crippen MR) is 115 cm³/mol. The summed E-state index contributed by atoms with van der Waals surface area (Å²) in [5.41, 5.74) is 3.56. The highest BCUT2D eigenvalue weighted by atomic mass is 16.5. The lowest BCUT2D eigenvalue weighted by Gasteiger charge is -2.17. The number of carbonyl (C=O) groups excluding carboxylic acids is 2. The molecule has 1 saturated heterocycles. The molecule has 1 aliphatic heterocycles. The van der Waals surface area contributed by atoms with Crippen molar-refractivity contribution in [3.05, 3.63) is 84.2 Å². The van der Waals surface area contributed by atoms with Crippen LogP contribution in [-0.2, 0) is 16.2 Å². The normalized spacial score (nSPS) is 15.8. The number of ether oxygens (including phenoxy) is 1. The highest BCUT2D eigenvalue weighted by Gasteiger charge is 2.35. The van der Waals surface area contributed by atoms with Crippen molar-refractivity contribution >= 4 is 23.2 Å². The van der Waals surface area contributed by atoms with E-state index in [-0.39, 0.29) is 18.2 Å². The Bertz CT molecular complexity index is 1040. The number of amides is 2. The highest BCUT2D eigenvalue weighted by molar-refractivity contribution is 6.03. The zero-order valence-corrected chi connectivity index (χ0v) is 16.7. The van der Waals surface area contributed by atoms with Crippen LogP contribution in [0.3, 0.4) is 0 Å². The Morgan fingerprint density at radius 1 is 1.17 bits per heavy atom. The van der Waals surface area contributed by atoms with Crippen LogP contribution in [0, 0.1) is 12.8 Å². The Morgan fingerprint density at radius 3 is 2.77 bits per heavy atom. The van der Waals surface area contributed by atoms with E-state index in [4.69, 9.17) is 4.74 Å². The summed E-state index contributed by atoms with van der Waals surface area (Å²) < 4.78 is 5.79. The molecule has 0 radical (unpaired) electrons. The van der Waals surface area contributed by atoms with Gasteiger partial charge in [-0.3, -0.25) is 14.6 Å². The molecule has 0 saturated carbocycles. The third-order valence-corrected chi connectivity index (χ3v) is 5.07. The molecule has 6 nitrogen and oxygen atoms in total. The summed E-state index contributed by atoms with van der Waals surface area (Å²) in [6, 6.07) is 18.8. The number of benzene rings is 2. The molecule has 1 atom stereocenters. The molecule has 152 valence electrons. The molecule has 1 aliphatic rings. The fourth-order valence-electron chi connectivity index (χ4n) is 3.42. The van der Waals surface area contributed by atoms with Crippen LogP contribution in [-0.4, -0.2) is 23.3 Å². The van der Waals surface area contributed by atoms with Gasteiger partial charge in [-0.25, -0.2) is 0 Å². The van der Waals surface area contributed by atoms with Gasteiger partial charge in [0.25, 0.3) is 0 Å². The molecule has 2 amide bonds. The fourth-order valence-corrected chi connectivity index (χ4v) is 3.42. The molecule has 0 bridgehead atoms. The van der Waals surface area contributed by atoms with Crippen LogP contribution in [0.1, 0.15) is 17.5 Å². The van der Waals surface area contributed by atoms with Gasteiger partial charge in [0.05, 0.1) is 5.92 Å². The standard InChI is InChI=1S/C24H23N3O3/c1-17-7-9-21(10-8-17)27-15-19(12-23(27)28)24(29)26-20-5-2-6-22(13-20)30-16-18-4-3-11-25-14-18/h2-11,13-14,19H,12,15-16H2,1H3,(H,26,29). The molecule has 0 spiro atoms. The smallest absolute Gasteiger partial charge is 0.229 e. The van der Waals surface area contributed by atoms with Gasteiger partial charge in [0, 0.05) is 48.4 Å². The summed E-state index contributed by atoms with van der Waals surface area (Å²) in [5.74, 6) is 0.0640. The van der Waals surface area contributed by atoms with Gasteiger partial charge in [-0.2, -0.15) is 0 Å². The molecule has 1 N–H and O–H groups in total. The third kappa shape index (κ3) is 4.66. The Balaban J connectivity index is 1.37. The number of aromatic nitrogens is 1. The second-order valence-corrected chi connectivity index (χ2v) is 7.41. The molecular weight excluding hydrogens is 378 g/mol. The number of anilines is 2. The Labute approximate surface area is 175 Å². The van der Waals surface area contributed by atoms with E-state index in [1.807, 2.05) is 61.5 Å². The average Bonchev–Trinajstić information content (AvgIpc) is 3.16. The van der Waals surface area contributed by atoms with Gasteiger partial charge < -0.3 is 15.0 Å². The summed E-state index contributed by atoms with van der Waals surface area (Å²) in [5, 5.41) is 2.91. The number of pyridine rings is 1. The predicted octanol–water partition coefficient (Wildman–Crippen LogP) is 3.96. The van der Waals surface area contributed by atoms with E-state index in [9.17, 15) is 9.59 Å². The van der Waals surface area contributed by atoms with Gasteiger partial charge in [0.2, 0.25) is 11.8 Å². The van der Waals surface area contributed by atoms with Crippen molar-refractivity contribution in [2.45, 2.75) is 20.0 Å². The second kappa shape index (κ2) is 8.78. The molecule has 4 rings (SSSR count). The quantitative estimate of drug-likeness (QED) is 0.679. The molecule has 3 aromatic rings. The molecule has 2 heterocycles. The van der Waals surface area contributed by atoms with Gasteiger partial charge in [-0.15, -0.1) is 0 Å². The van der Waals surface area contributed by atoms with E-state index >= 15 is 0 Å². The Morgan fingerprint density at radius 2 is 2.00 bits per heavy atom.